The summed E-state index contributed by atoms with van der Waals surface area (Å²) in [6, 6.07) is 4.81. The van der Waals surface area contributed by atoms with E-state index in [2.05, 4.69) is 40.1 Å². The van der Waals surface area contributed by atoms with Crippen LogP contribution in [-0.2, 0) is 0 Å². The number of halogens is 2. The van der Waals surface area contributed by atoms with Crippen LogP contribution in [0.15, 0.2) is 35.1 Å². The average Bonchev–Trinajstić information content (AvgIpc) is 2.71. The van der Waals surface area contributed by atoms with Crippen molar-refractivity contribution in [1.29, 1.82) is 0 Å². The number of hydrogen-bond acceptors (Lipinski definition) is 2. The fourth-order valence-corrected chi connectivity index (χ4v) is 1.89. The molecule has 0 spiro atoms. The van der Waals surface area contributed by atoms with E-state index in [1.165, 1.54) is 12.1 Å². The summed E-state index contributed by atoms with van der Waals surface area (Å²) in [6.45, 7) is 4.13. The molecular weight excluding hydrogens is 285 g/mol. The van der Waals surface area contributed by atoms with Crippen molar-refractivity contribution in [2.24, 2.45) is 0 Å². The van der Waals surface area contributed by atoms with Crippen LogP contribution in [0.2, 0.25) is 0 Å². The molecule has 5 heteroatoms. The van der Waals surface area contributed by atoms with E-state index in [0.29, 0.717) is 17.7 Å². The van der Waals surface area contributed by atoms with Gasteiger partial charge >= 0.3 is 0 Å². The Morgan fingerprint density at radius 1 is 1.41 bits per heavy atom. The Labute approximate surface area is 108 Å². The predicted octanol–water partition coefficient (Wildman–Crippen LogP) is 4.11. The Hall–Kier alpha value is -1.36. The monoisotopic (exact) mass is 297 g/mol. The Kier molecular flexibility index (Phi) is 3.47. The number of anilines is 2. The lowest BCUT2D eigenvalue weighted by Crippen LogP contribution is -2.05. The molecule has 0 fully saturated rings. The van der Waals surface area contributed by atoms with E-state index < -0.39 is 0 Å². The van der Waals surface area contributed by atoms with Crippen LogP contribution >= 0.6 is 15.9 Å². The topological polar surface area (TPSA) is 29.9 Å². The predicted molar refractivity (Wildman–Crippen MR) is 70.0 cm³/mol. The van der Waals surface area contributed by atoms with Crippen LogP contribution in [0.25, 0.3) is 0 Å². The van der Waals surface area contributed by atoms with Crippen LogP contribution in [0, 0.1) is 5.82 Å². The van der Waals surface area contributed by atoms with E-state index in [1.54, 1.807) is 12.3 Å². The molecule has 0 aliphatic heterocycles. The Morgan fingerprint density at radius 2 is 2.18 bits per heavy atom. The SMILES string of the molecule is CC(C)n1ccnc1Nc1cc(F)ccc1Br. The van der Waals surface area contributed by atoms with Crippen molar-refractivity contribution in [3.05, 3.63) is 40.9 Å². The number of nitrogens with one attached hydrogen (secondary N) is 1. The molecule has 0 aliphatic carbocycles. The van der Waals surface area contributed by atoms with Crippen LogP contribution in [0.4, 0.5) is 16.0 Å². The number of imidazole rings is 1. The third-order valence-corrected chi connectivity index (χ3v) is 3.09. The van der Waals surface area contributed by atoms with Gasteiger partial charge in [0.2, 0.25) is 5.95 Å². The van der Waals surface area contributed by atoms with Gasteiger partial charge < -0.3 is 9.88 Å². The summed E-state index contributed by atoms with van der Waals surface area (Å²) in [5.74, 6) is 0.421. The second-order valence-electron chi connectivity index (χ2n) is 4.00. The summed E-state index contributed by atoms with van der Waals surface area (Å²) < 4.78 is 15.9. The average molecular weight is 298 g/mol. The van der Waals surface area contributed by atoms with Gasteiger partial charge in [0.25, 0.3) is 0 Å². The highest BCUT2D eigenvalue weighted by atomic mass is 79.9. The summed E-state index contributed by atoms with van der Waals surface area (Å²) in [7, 11) is 0. The molecule has 2 aromatic rings. The maximum atomic E-state index is 13.1. The molecule has 1 aromatic carbocycles. The zero-order valence-electron chi connectivity index (χ0n) is 9.61. The minimum atomic E-state index is -0.279. The standard InChI is InChI=1S/C12H13BrFN3/c1-8(2)17-6-5-15-12(17)16-11-7-9(14)3-4-10(11)13/h3-8H,1-2H3,(H,15,16). The molecule has 0 atom stereocenters. The maximum Gasteiger partial charge on any atom is 0.207 e. The van der Waals surface area contributed by atoms with Crippen LogP contribution in [-0.4, -0.2) is 9.55 Å². The lowest BCUT2D eigenvalue weighted by Gasteiger charge is -2.13. The molecule has 0 bridgehead atoms. The molecule has 0 saturated carbocycles. The molecule has 1 heterocycles. The van der Waals surface area contributed by atoms with Crippen molar-refractivity contribution >= 4 is 27.6 Å². The second kappa shape index (κ2) is 4.87. The first-order valence-corrected chi connectivity index (χ1v) is 6.12. The quantitative estimate of drug-likeness (QED) is 0.924. The minimum Gasteiger partial charge on any atom is -0.324 e. The molecule has 0 aliphatic rings. The molecule has 1 aromatic heterocycles. The molecule has 0 amide bonds. The zero-order valence-corrected chi connectivity index (χ0v) is 11.2. The van der Waals surface area contributed by atoms with E-state index in [-0.39, 0.29) is 5.82 Å². The van der Waals surface area contributed by atoms with Gasteiger partial charge in [-0.25, -0.2) is 9.37 Å². The van der Waals surface area contributed by atoms with Crippen molar-refractivity contribution in [2.75, 3.05) is 5.32 Å². The normalized spacial score (nSPS) is 10.9. The van der Waals surface area contributed by atoms with E-state index in [9.17, 15) is 4.39 Å². The highest BCUT2D eigenvalue weighted by molar-refractivity contribution is 9.10. The summed E-state index contributed by atoms with van der Waals surface area (Å²) in [4.78, 5) is 4.21. The van der Waals surface area contributed by atoms with Gasteiger partial charge in [-0.1, -0.05) is 0 Å². The van der Waals surface area contributed by atoms with Gasteiger partial charge in [-0.15, -0.1) is 0 Å². The molecule has 2 rings (SSSR count). The van der Waals surface area contributed by atoms with Gasteiger partial charge in [-0.05, 0) is 48.0 Å². The highest BCUT2D eigenvalue weighted by Gasteiger charge is 2.08. The van der Waals surface area contributed by atoms with Crippen LogP contribution in [0.1, 0.15) is 19.9 Å². The first kappa shape index (κ1) is 12.1. The smallest absolute Gasteiger partial charge is 0.207 e. The third-order valence-electron chi connectivity index (χ3n) is 2.40. The summed E-state index contributed by atoms with van der Waals surface area (Å²) in [5.41, 5.74) is 0.665. The highest BCUT2D eigenvalue weighted by Crippen LogP contribution is 2.26. The van der Waals surface area contributed by atoms with Gasteiger partial charge in [-0.2, -0.15) is 0 Å². The Morgan fingerprint density at radius 3 is 2.88 bits per heavy atom. The molecule has 90 valence electrons. The minimum absolute atomic E-state index is 0.279. The number of hydrogen-bond donors (Lipinski definition) is 1. The first-order chi connectivity index (χ1) is 8.08. The summed E-state index contributed by atoms with van der Waals surface area (Å²) in [6.07, 6.45) is 3.61. The van der Waals surface area contributed by atoms with Crippen molar-refractivity contribution in [3.63, 3.8) is 0 Å². The van der Waals surface area contributed by atoms with Crippen molar-refractivity contribution < 1.29 is 4.39 Å². The van der Waals surface area contributed by atoms with E-state index in [0.717, 1.165) is 4.47 Å². The van der Waals surface area contributed by atoms with Gasteiger partial charge in [0.1, 0.15) is 5.82 Å². The molecule has 0 saturated heterocycles. The molecule has 0 unspecified atom stereocenters. The fourth-order valence-electron chi connectivity index (χ4n) is 1.54. The summed E-state index contributed by atoms with van der Waals surface area (Å²) in [5, 5.41) is 3.11. The Balaban J connectivity index is 2.31. The molecule has 0 radical (unpaired) electrons. The van der Waals surface area contributed by atoms with Gasteiger partial charge in [0, 0.05) is 22.9 Å². The lowest BCUT2D eigenvalue weighted by atomic mass is 10.3. The molecule has 1 N–H and O–H groups in total. The third kappa shape index (κ3) is 2.66. The fraction of sp³-hybridized carbons (Fsp3) is 0.250. The number of rotatable bonds is 3. The van der Waals surface area contributed by atoms with Crippen LogP contribution in [0.3, 0.4) is 0 Å². The van der Waals surface area contributed by atoms with E-state index >= 15 is 0 Å². The zero-order chi connectivity index (χ0) is 12.4. The van der Waals surface area contributed by atoms with Gasteiger partial charge in [-0.3, -0.25) is 0 Å². The van der Waals surface area contributed by atoms with E-state index in [1.807, 2.05) is 10.8 Å². The second-order valence-corrected chi connectivity index (χ2v) is 4.86. The molecule has 17 heavy (non-hydrogen) atoms. The van der Waals surface area contributed by atoms with Crippen LogP contribution in [0.5, 0.6) is 0 Å². The van der Waals surface area contributed by atoms with Crippen molar-refractivity contribution in [2.45, 2.75) is 19.9 Å². The Bertz CT molecular complexity index is 522. The van der Waals surface area contributed by atoms with Crippen molar-refractivity contribution in [1.82, 2.24) is 9.55 Å². The largest absolute Gasteiger partial charge is 0.324 e. The van der Waals surface area contributed by atoms with Crippen molar-refractivity contribution in [3.8, 4) is 0 Å². The van der Waals surface area contributed by atoms with Crippen LogP contribution < -0.4 is 5.32 Å². The number of benzene rings is 1. The number of aromatic nitrogens is 2. The summed E-state index contributed by atoms with van der Waals surface area (Å²) >= 11 is 3.37. The molecule has 3 nitrogen and oxygen atoms in total. The number of nitrogens with zero attached hydrogens (tertiary/aromatic N) is 2. The molecular formula is C12H13BrFN3. The van der Waals surface area contributed by atoms with E-state index in [4.69, 9.17) is 0 Å². The maximum absolute atomic E-state index is 13.1. The first-order valence-electron chi connectivity index (χ1n) is 5.33. The van der Waals surface area contributed by atoms with Gasteiger partial charge in [0.05, 0.1) is 5.69 Å². The van der Waals surface area contributed by atoms with Gasteiger partial charge in [0.15, 0.2) is 0 Å². The lowest BCUT2D eigenvalue weighted by molar-refractivity contribution is 0.607.